The fourth-order valence-electron chi connectivity index (χ4n) is 6.66. The van der Waals surface area contributed by atoms with Crippen molar-refractivity contribution in [3.63, 3.8) is 0 Å². The zero-order valence-electron chi connectivity index (χ0n) is 29.8. The number of rotatable bonds is 12. The number of aryl methyl sites for hydroxylation is 1. The Labute approximate surface area is 295 Å². The molecule has 0 bridgehead atoms. The van der Waals surface area contributed by atoms with Crippen molar-refractivity contribution in [1.29, 1.82) is 0 Å². The largest absolute Gasteiger partial charge is 0.459 e. The van der Waals surface area contributed by atoms with Gasteiger partial charge in [0.05, 0.1) is 18.3 Å². The molecule has 0 spiro atoms. The fraction of sp³-hybridized carbons (Fsp3) is 0.553. The van der Waals surface area contributed by atoms with Crippen molar-refractivity contribution >= 4 is 23.9 Å². The standard InChI is InChI=1S/C38H54N6O6/c1-5-35-37(47)36(43(25-45)18-9-10-19-44-24-33(41-42-44)29-14-11-15-30(39)22-29)32(21-28-12-7-6-8-13-28)40-23-26(2)20-31(49-4)16-17-34(46)27(3)38(48)50-35/h6-8,11-15,22,24-27,31-32,35-37,40,47H,5,9-10,16-21,23,39H2,1-4H3/t26-,27-,31+,32-,35-,36-,37-/m1/s1. The minimum absolute atomic E-state index is 0.153. The number of ketones is 1. The molecule has 4 N–H and O–H groups in total. The van der Waals surface area contributed by atoms with Crippen LogP contribution in [-0.2, 0) is 36.8 Å². The van der Waals surface area contributed by atoms with E-state index in [4.69, 9.17) is 15.2 Å². The number of aliphatic hydroxyl groups is 1. The normalized spacial score (nSPS) is 25.7. The summed E-state index contributed by atoms with van der Waals surface area (Å²) in [6, 6.07) is 16.3. The fourth-order valence-corrected chi connectivity index (χ4v) is 6.66. The molecule has 1 fully saturated rings. The zero-order chi connectivity index (χ0) is 36.0. The van der Waals surface area contributed by atoms with Crippen LogP contribution in [-0.4, -0.2) is 93.8 Å². The highest BCUT2D eigenvalue weighted by atomic mass is 16.6. The summed E-state index contributed by atoms with van der Waals surface area (Å²) < 4.78 is 13.3. The van der Waals surface area contributed by atoms with Gasteiger partial charge in [0.25, 0.3) is 0 Å². The van der Waals surface area contributed by atoms with Crippen LogP contribution in [0.4, 0.5) is 5.69 Å². The number of benzene rings is 2. The summed E-state index contributed by atoms with van der Waals surface area (Å²) in [4.78, 5) is 40.8. The molecule has 0 radical (unpaired) electrons. The second-order valence-corrected chi connectivity index (χ2v) is 13.5. The number of carbonyl (C=O) groups is 3. The minimum atomic E-state index is -1.22. The van der Waals surface area contributed by atoms with Gasteiger partial charge in [0, 0.05) is 43.9 Å². The Balaban J connectivity index is 1.58. The molecule has 1 saturated heterocycles. The maximum Gasteiger partial charge on any atom is 0.316 e. The van der Waals surface area contributed by atoms with E-state index >= 15 is 0 Å². The molecule has 12 nitrogen and oxygen atoms in total. The van der Waals surface area contributed by atoms with Crippen molar-refractivity contribution in [2.75, 3.05) is 25.9 Å². The molecule has 50 heavy (non-hydrogen) atoms. The lowest BCUT2D eigenvalue weighted by Crippen LogP contribution is -2.60. The lowest BCUT2D eigenvalue weighted by atomic mass is 9.90. The summed E-state index contributed by atoms with van der Waals surface area (Å²) in [5.74, 6) is -1.71. The van der Waals surface area contributed by atoms with Gasteiger partial charge in [-0.2, -0.15) is 0 Å². The van der Waals surface area contributed by atoms with E-state index in [1.165, 1.54) is 0 Å². The molecule has 0 aliphatic carbocycles. The number of methoxy groups -OCH3 is 1. The van der Waals surface area contributed by atoms with Gasteiger partial charge in [-0.15, -0.1) is 5.10 Å². The highest BCUT2D eigenvalue weighted by Gasteiger charge is 2.40. The molecule has 7 atom stereocenters. The van der Waals surface area contributed by atoms with Crippen molar-refractivity contribution in [2.45, 2.75) is 103 Å². The quantitative estimate of drug-likeness (QED) is 0.0831. The number of esters is 1. The number of aromatic nitrogens is 3. The van der Waals surface area contributed by atoms with Crippen LogP contribution in [0.25, 0.3) is 11.3 Å². The van der Waals surface area contributed by atoms with Crippen molar-refractivity contribution in [3.8, 4) is 11.3 Å². The Morgan fingerprint density at radius 3 is 2.62 bits per heavy atom. The van der Waals surface area contributed by atoms with Crippen LogP contribution < -0.4 is 11.1 Å². The lowest BCUT2D eigenvalue weighted by Gasteiger charge is -2.41. The van der Waals surface area contributed by atoms with Crippen molar-refractivity contribution in [3.05, 3.63) is 66.4 Å². The van der Waals surface area contributed by atoms with E-state index < -0.39 is 30.1 Å². The average Bonchev–Trinajstić information content (AvgIpc) is 3.60. The predicted molar refractivity (Wildman–Crippen MR) is 192 cm³/mol. The Hall–Kier alpha value is -4.13. The maximum atomic E-state index is 13.2. The third-order valence-corrected chi connectivity index (χ3v) is 9.68. The highest BCUT2D eigenvalue weighted by Crippen LogP contribution is 2.24. The van der Waals surface area contributed by atoms with E-state index in [9.17, 15) is 19.5 Å². The molecule has 1 aromatic heterocycles. The Kier molecular flexibility index (Phi) is 14.9. The third-order valence-electron chi connectivity index (χ3n) is 9.68. The molecule has 1 aliphatic rings. The first kappa shape index (κ1) is 38.7. The van der Waals surface area contributed by atoms with Crippen LogP contribution in [0.2, 0.25) is 0 Å². The second-order valence-electron chi connectivity index (χ2n) is 13.5. The predicted octanol–water partition coefficient (Wildman–Crippen LogP) is 4.06. The number of hydrogen-bond donors (Lipinski definition) is 3. The van der Waals surface area contributed by atoms with Crippen LogP contribution in [0.1, 0.15) is 64.9 Å². The number of Topliss-reactive ketones (excluding diaryl/α,β-unsaturated/α-hetero) is 1. The molecule has 2 heterocycles. The highest BCUT2D eigenvalue weighted by molar-refractivity contribution is 5.98. The van der Waals surface area contributed by atoms with Gasteiger partial charge in [0.15, 0.2) is 0 Å². The summed E-state index contributed by atoms with van der Waals surface area (Å²) >= 11 is 0. The maximum absolute atomic E-state index is 13.2. The number of nitrogens with one attached hydrogen (secondary N) is 1. The number of nitrogen functional groups attached to an aromatic ring is 1. The lowest BCUT2D eigenvalue weighted by molar-refractivity contribution is -0.165. The van der Waals surface area contributed by atoms with Gasteiger partial charge in [-0.25, -0.2) is 0 Å². The van der Waals surface area contributed by atoms with Crippen LogP contribution in [0.5, 0.6) is 0 Å². The first-order valence-corrected chi connectivity index (χ1v) is 17.8. The van der Waals surface area contributed by atoms with Crippen molar-refractivity contribution < 1.29 is 29.0 Å². The SMILES string of the molecule is CC[C@H]1OC(=O)[C@H](C)C(=O)CC[C@H](OC)C[C@@H](C)CN[C@H](Cc2ccccc2)[C@@H](N(C=O)CCCCn2cc(-c3cccc(N)c3)nn2)[C@@H]1O. The van der Waals surface area contributed by atoms with Gasteiger partial charge < -0.3 is 30.5 Å². The molecule has 12 heteroatoms. The number of nitrogens with zero attached hydrogens (tertiary/aromatic N) is 4. The van der Waals surface area contributed by atoms with Crippen LogP contribution in [0, 0.1) is 11.8 Å². The Morgan fingerprint density at radius 1 is 1.14 bits per heavy atom. The van der Waals surface area contributed by atoms with E-state index in [1.54, 1.807) is 23.6 Å². The zero-order valence-corrected chi connectivity index (χ0v) is 29.8. The molecule has 1 aliphatic heterocycles. The molecule has 0 unspecified atom stereocenters. The van der Waals surface area contributed by atoms with Gasteiger partial charge in [-0.3, -0.25) is 19.1 Å². The molecule has 2 aromatic carbocycles. The average molecular weight is 691 g/mol. The molecule has 4 rings (SSSR count). The molecule has 3 aromatic rings. The number of anilines is 1. The van der Waals surface area contributed by atoms with Gasteiger partial charge in [-0.1, -0.05) is 61.5 Å². The molecular formula is C38H54N6O6. The number of amides is 1. The van der Waals surface area contributed by atoms with E-state index in [1.807, 2.05) is 67.7 Å². The molecule has 0 saturated carbocycles. The summed E-state index contributed by atoms with van der Waals surface area (Å²) in [5, 5.41) is 24.3. The molecule has 272 valence electrons. The third kappa shape index (κ3) is 10.9. The first-order chi connectivity index (χ1) is 24.1. The minimum Gasteiger partial charge on any atom is -0.459 e. The van der Waals surface area contributed by atoms with E-state index in [-0.39, 0.29) is 30.3 Å². The number of hydrogen-bond acceptors (Lipinski definition) is 10. The van der Waals surface area contributed by atoms with Gasteiger partial charge in [0.2, 0.25) is 6.41 Å². The van der Waals surface area contributed by atoms with E-state index in [0.29, 0.717) is 63.8 Å². The molecule has 1 amide bonds. The monoisotopic (exact) mass is 690 g/mol. The van der Waals surface area contributed by atoms with Crippen LogP contribution >= 0.6 is 0 Å². The molecular weight excluding hydrogens is 636 g/mol. The van der Waals surface area contributed by atoms with Crippen molar-refractivity contribution in [2.24, 2.45) is 11.8 Å². The number of carbonyl (C=O) groups excluding carboxylic acids is 3. The Bertz CT molecular complexity index is 1500. The second kappa shape index (κ2) is 19.3. The number of nitrogens with two attached hydrogens (primary N) is 1. The summed E-state index contributed by atoms with van der Waals surface area (Å²) in [7, 11) is 1.64. The van der Waals surface area contributed by atoms with E-state index in [2.05, 4.69) is 22.6 Å². The van der Waals surface area contributed by atoms with Crippen LogP contribution in [0.3, 0.4) is 0 Å². The number of aliphatic hydroxyl groups excluding tert-OH is 1. The van der Waals surface area contributed by atoms with Crippen molar-refractivity contribution in [1.82, 2.24) is 25.2 Å². The summed E-state index contributed by atoms with van der Waals surface area (Å²) in [6.07, 6.45) is 3.91. The van der Waals surface area contributed by atoms with E-state index in [0.717, 1.165) is 23.2 Å². The first-order valence-electron chi connectivity index (χ1n) is 17.8. The smallest absolute Gasteiger partial charge is 0.316 e. The topological polar surface area (TPSA) is 162 Å². The number of ether oxygens (including phenoxy) is 2. The summed E-state index contributed by atoms with van der Waals surface area (Å²) in [5.41, 5.74) is 9.24. The van der Waals surface area contributed by atoms with Gasteiger partial charge in [-0.05, 0) is 75.6 Å². The Morgan fingerprint density at radius 2 is 1.92 bits per heavy atom. The van der Waals surface area contributed by atoms with Gasteiger partial charge >= 0.3 is 5.97 Å². The summed E-state index contributed by atoms with van der Waals surface area (Å²) in [6.45, 7) is 7.03. The van der Waals surface area contributed by atoms with Crippen LogP contribution in [0.15, 0.2) is 60.8 Å². The number of cyclic esters (lactones) is 1. The van der Waals surface area contributed by atoms with Gasteiger partial charge in [0.1, 0.15) is 29.6 Å². The number of unbranched alkanes of at least 4 members (excludes halogenated alkanes) is 1.